The zero-order valence-corrected chi connectivity index (χ0v) is 9.02. The summed E-state index contributed by atoms with van der Waals surface area (Å²) in [5, 5.41) is 0. The average molecular weight is 221 g/mol. The Morgan fingerprint density at radius 3 is 3.00 bits per heavy atom. The van der Waals surface area contributed by atoms with E-state index in [1.165, 1.54) is 0 Å². The molecule has 0 spiro atoms. The molecule has 1 aromatic carbocycles. The van der Waals surface area contributed by atoms with Crippen LogP contribution in [0.1, 0.15) is 5.56 Å². The Kier molecular flexibility index (Phi) is 3.80. The second-order valence-corrected chi connectivity index (χ2v) is 3.41. The van der Waals surface area contributed by atoms with Crippen LogP contribution in [0.5, 0.6) is 11.5 Å². The lowest BCUT2D eigenvalue weighted by Gasteiger charge is -2.03. The first-order valence-electron chi connectivity index (χ1n) is 5.21. The average Bonchev–Trinajstić information content (AvgIpc) is 2.76. The summed E-state index contributed by atoms with van der Waals surface area (Å²) in [5.41, 5.74) is 6.38. The molecule has 4 nitrogen and oxygen atoms in total. The maximum atomic E-state index is 5.44. The fraction of sp³-hybridized carbons (Fsp3) is 0.333. The van der Waals surface area contributed by atoms with E-state index in [2.05, 4.69) is 0 Å². The summed E-state index contributed by atoms with van der Waals surface area (Å²) in [6.45, 7) is 1.99. The highest BCUT2D eigenvalue weighted by Gasteiger charge is 2.12. The number of rotatable bonds is 5. The molecule has 2 rings (SSSR count). The predicted octanol–water partition coefficient (Wildman–Crippen LogP) is 1.45. The molecule has 1 heterocycles. The first-order valence-corrected chi connectivity index (χ1v) is 5.21. The van der Waals surface area contributed by atoms with Gasteiger partial charge in [0, 0.05) is 6.54 Å². The van der Waals surface area contributed by atoms with Gasteiger partial charge in [0.1, 0.15) is 0 Å². The molecule has 86 valence electrons. The minimum atomic E-state index is 0.304. The van der Waals surface area contributed by atoms with Gasteiger partial charge in [-0.15, -0.1) is 0 Å². The van der Waals surface area contributed by atoms with Crippen LogP contribution in [0.3, 0.4) is 0 Å². The normalized spacial score (nSPS) is 13.6. The highest BCUT2D eigenvalue weighted by atomic mass is 16.7. The maximum absolute atomic E-state index is 5.44. The topological polar surface area (TPSA) is 53.7 Å². The molecule has 0 bridgehead atoms. The zero-order chi connectivity index (χ0) is 11.2. The highest BCUT2D eigenvalue weighted by molar-refractivity contribution is 5.44. The summed E-state index contributed by atoms with van der Waals surface area (Å²) in [4.78, 5) is 0. The van der Waals surface area contributed by atoms with Gasteiger partial charge in [0.25, 0.3) is 0 Å². The van der Waals surface area contributed by atoms with Crippen LogP contribution in [0.2, 0.25) is 0 Å². The van der Waals surface area contributed by atoms with E-state index in [1.54, 1.807) is 0 Å². The molecule has 0 radical (unpaired) electrons. The monoisotopic (exact) mass is 221 g/mol. The smallest absolute Gasteiger partial charge is 0.231 e. The van der Waals surface area contributed by atoms with Crippen LogP contribution in [0.25, 0.3) is 0 Å². The molecule has 0 fully saturated rings. The number of hydrogen-bond donors (Lipinski definition) is 1. The lowest BCUT2D eigenvalue weighted by molar-refractivity contribution is 0.148. The first kappa shape index (κ1) is 11.0. The summed E-state index contributed by atoms with van der Waals surface area (Å²) in [7, 11) is 0. The Morgan fingerprint density at radius 1 is 1.25 bits per heavy atom. The van der Waals surface area contributed by atoms with E-state index >= 15 is 0 Å². The molecule has 0 saturated heterocycles. The minimum absolute atomic E-state index is 0.304. The van der Waals surface area contributed by atoms with Crippen LogP contribution in [0.4, 0.5) is 0 Å². The molecule has 0 saturated carbocycles. The lowest BCUT2D eigenvalue weighted by Crippen LogP contribution is -1.96. The van der Waals surface area contributed by atoms with Crippen molar-refractivity contribution in [1.82, 2.24) is 0 Å². The molecule has 0 unspecified atom stereocenters. The SMILES string of the molecule is NCC=CCOCc1ccc2c(c1)OCO2. The Morgan fingerprint density at radius 2 is 2.12 bits per heavy atom. The molecule has 0 amide bonds. The summed E-state index contributed by atoms with van der Waals surface area (Å²) in [5.74, 6) is 1.59. The largest absolute Gasteiger partial charge is 0.454 e. The van der Waals surface area contributed by atoms with Crippen LogP contribution in [0.15, 0.2) is 30.4 Å². The van der Waals surface area contributed by atoms with Crippen molar-refractivity contribution in [3.05, 3.63) is 35.9 Å². The van der Waals surface area contributed by atoms with E-state index in [9.17, 15) is 0 Å². The van der Waals surface area contributed by atoms with Crippen molar-refractivity contribution in [2.45, 2.75) is 6.61 Å². The van der Waals surface area contributed by atoms with Crippen molar-refractivity contribution < 1.29 is 14.2 Å². The van der Waals surface area contributed by atoms with E-state index in [0.29, 0.717) is 26.6 Å². The Bertz CT molecular complexity index is 377. The van der Waals surface area contributed by atoms with Gasteiger partial charge >= 0.3 is 0 Å². The number of ether oxygens (including phenoxy) is 3. The maximum Gasteiger partial charge on any atom is 0.231 e. The van der Waals surface area contributed by atoms with Gasteiger partial charge in [-0.2, -0.15) is 0 Å². The molecule has 4 heteroatoms. The first-order chi connectivity index (χ1) is 7.90. The lowest BCUT2D eigenvalue weighted by atomic mass is 10.2. The number of benzene rings is 1. The van der Waals surface area contributed by atoms with Gasteiger partial charge in [-0.05, 0) is 17.7 Å². The quantitative estimate of drug-likeness (QED) is 0.604. The number of nitrogens with two attached hydrogens (primary N) is 1. The van der Waals surface area contributed by atoms with Crippen LogP contribution < -0.4 is 15.2 Å². The summed E-state index contributed by atoms with van der Waals surface area (Å²) < 4.78 is 15.9. The zero-order valence-electron chi connectivity index (χ0n) is 9.02. The Labute approximate surface area is 94.6 Å². The predicted molar refractivity (Wildman–Crippen MR) is 60.4 cm³/mol. The summed E-state index contributed by atoms with van der Waals surface area (Å²) in [6, 6.07) is 5.81. The third kappa shape index (κ3) is 2.74. The van der Waals surface area contributed by atoms with Gasteiger partial charge in [-0.25, -0.2) is 0 Å². The van der Waals surface area contributed by atoms with E-state index in [4.69, 9.17) is 19.9 Å². The second kappa shape index (κ2) is 5.53. The highest BCUT2D eigenvalue weighted by Crippen LogP contribution is 2.32. The van der Waals surface area contributed by atoms with Gasteiger partial charge in [0.2, 0.25) is 6.79 Å². The molecule has 2 N–H and O–H groups in total. The Hall–Kier alpha value is -1.52. The van der Waals surface area contributed by atoms with Gasteiger partial charge in [0.05, 0.1) is 13.2 Å². The van der Waals surface area contributed by atoms with Crippen molar-refractivity contribution in [3.8, 4) is 11.5 Å². The van der Waals surface area contributed by atoms with Crippen LogP contribution in [-0.2, 0) is 11.3 Å². The van der Waals surface area contributed by atoms with Crippen molar-refractivity contribution in [2.75, 3.05) is 19.9 Å². The molecular formula is C12H15NO3. The van der Waals surface area contributed by atoms with Crippen LogP contribution in [0, 0.1) is 0 Å². The molecule has 0 atom stereocenters. The molecule has 1 aliphatic heterocycles. The third-order valence-corrected chi connectivity index (χ3v) is 2.22. The van der Waals surface area contributed by atoms with Gasteiger partial charge in [0.15, 0.2) is 11.5 Å². The number of hydrogen-bond acceptors (Lipinski definition) is 4. The molecule has 1 aliphatic rings. The Balaban J connectivity index is 1.83. The molecular weight excluding hydrogens is 206 g/mol. The summed E-state index contributed by atoms with van der Waals surface area (Å²) in [6.07, 6.45) is 3.78. The van der Waals surface area contributed by atoms with Gasteiger partial charge in [-0.1, -0.05) is 18.2 Å². The van der Waals surface area contributed by atoms with Gasteiger partial charge < -0.3 is 19.9 Å². The van der Waals surface area contributed by atoms with Crippen molar-refractivity contribution in [2.24, 2.45) is 5.73 Å². The van der Waals surface area contributed by atoms with E-state index < -0.39 is 0 Å². The van der Waals surface area contributed by atoms with E-state index in [-0.39, 0.29) is 0 Å². The third-order valence-electron chi connectivity index (χ3n) is 2.22. The minimum Gasteiger partial charge on any atom is -0.454 e. The molecule has 1 aromatic rings. The molecule has 16 heavy (non-hydrogen) atoms. The second-order valence-electron chi connectivity index (χ2n) is 3.41. The van der Waals surface area contributed by atoms with Crippen LogP contribution >= 0.6 is 0 Å². The number of fused-ring (bicyclic) bond motifs is 1. The van der Waals surface area contributed by atoms with Crippen molar-refractivity contribution >= 4 is 0 Å². The van der Waals surface area contributed by atoms with Crippen molar-refractivity contribution in [3.63, 3.8) is 0 Å². The molecule has 0 aromatic heterocycles. The molecule has 0 aliphatic carbocycles. The van der Waals surface area contributed by atoms with E-state index in [0.717, 1.165) is 17.1 Å². The fourth-order valence-electron chi connectivity index (χ4n) is 1.44. The van der Waals surface area contributed by atoms with Crippen LogP contribution in [-0.4, -0.2) is 19.9 Å². The van der Waals surface area contributed by atoms with Gasteiger partial charge in [-0.3, -0.25) is 0 Å². The standard InChI is InChI=1S/C12H15NO3/c13-5-1-2-6-14-8-10-3-4-11-12(7-10)16-9-15-11/h1-4,7H,5-6,8-9,13H2. The van der Waals surface area contributed by atoms with E-state index in [1.807, 2.05) is 30.4 Å². The van der Waals surface area contributed by atoms with Crippen molar-refractivity contribution in [1.29, 1.82) is 0 Å². The summed E-state index contributed by atoms with van der Waals surface area (Å²) >= 11 is 0. The fourth-order valence-corrected chi connectivity index (χ4v) is 1.44.